The van der Waals surface area contributed by atoms with Gasteiger partial charge in [-0.1, -0.05) is 18.2 Å². The fourth-order valence-corrected chi connectivity index (χ4v) is 4.35. The van der Waals surface area contributed by atoms with Gasteiger partial charge in [0.25, 0.3) is 0 Å². The number of hydrogen-bond acceptors (Lipinski definition) is 4. The van der Waals surface area contributed by atoms with Crippen LogP contribution in [-0.4, -0.2) is 31.9 Å². The molecule has 22 heavy (non-hydrogen) atoms. The average Bonchev–Trinajstić information content (AvgIpc) is 2.79. The van der Waals surface area contributed by atoms with E-state index in [1.165, 1.54) is 0 Å². The van der Waals surface area contributed by atoms with E-state index in [4.69, 9.17) is 4.74 Å². The summed E-state index contributed by atoms with van der Waals surface area (Å²) in [6.07, 6.45) is 0.453. The Kier molecular flexibility index (Phi) is 5.11. The quantitative estimate of drug-likeness (QED) is 0.900. The molecule has 1 saturated heterocycles. The molecule has 0 bridgehead atoms. The van der Waals surface area contributed by atoms with E-state index in [2.05, 4.69) is 5.32 Å². The van der Waals surface area contributed by atoms with Crippen LogP contribution in [0.25, 0.3) is 0 Å². The molecule has 0 aromatic heterocycles. The van der Waals surface area contributed by atoms with E-state index >= 15 is 0 Å². The monoisotopic (exact) mass is 325 g/mol. The highest BCUT2D eigenvalue weighted by Crippen LogP contribution is 2.27. The first-order valence-corrected chi connectivity index (χ1v) is 9.37. The normalized spacial score (nSPS) is 21.5. The van der Waals surface area contributed by atoms with Crippen LogP contribution < -0.4 is 10.1 Å². The van der Waals surface area contributed by atoms with Gasteiger partial charge < -0.3 is 10.1 Å². The van der Waals surface area contributed by atoms with Crippen LogP contribution in [0.3, 0.4) is 0 Å². The Morgan fingerprint density at radius 3 is 2.55 bits per heavy atom. The minimum absolute atomic E-state index is 0.0454. The maximum absolute atomic E-state index is 12.2. The van der Waals surface area contributed by atoms with Crippen molar-refractivity contribution in [2.75, 3.05) is 11.5 Å². The van der Waals surface area contributed by atoms with Gasteiger partial charge in [0.15, 0.2) is 9.84 Å². The van der Waals surface area contributed by atoms with Gasteiger partial charge in [0.2, 0.25) is 5.91 Å². The van der Waals surface area contributed by atoms with Crippen molar-refractivity contribution in [3.8, 4) is 5.75 Å². The smallest absolute Gasteiger partial charge is 0.224 e. The van der Waals surface area contributed by atoms with E-state index in [9.17, 15) is 13.2 Å². The summed E-state index contributed by atoms with van der Waals surface area (Å²) in [5.74, 6) is 0.158. The lowest BCUT2D eigenvalue weighted by Crippen LogP contribution is -2.33. The zero-order valence-electron chi connectivity index (χ0n) is 13.2. The maximum atomic E-state index is 12.2. The molecule has 6 heteroatoms. The van der Waals surface area contributed by atoms with E-state index < -0.39 is 15.8 Å². The summed E-state index contributed by atoms with van der Waals surface area (Å²) in [5.41, 5.74) is 0.894. The van der Waals surface area contributed by atoms with Gasteiger partial charge in [0, 0.05) is 5.56 Å². The van der Waals surface area contributed by atoms with Crippen molar-refractivity contribution in [1.29, 1.82) is 0 Å². The Morgan fingerprint density at radius 2 is 1.95 bits per heavy atom. The molecule has 0 aliphatic carbocycles. The predicted octanol–water partition coefficient (Wildman–Crippen LogP) is 2.09. The highest BCUT2D eigenvalue weighted by molar-refractivity contribution is 7.91. The van der Waals surface area contributed by atoms with Crippen LogP contribution >= 0.6 is 0 Å². The lowest BCUT2D eigenvalue weighted by atomic mass is 10.0. The molecule has 2 rings (SSSR count). The van der Waals surface area contributed by atoms with E-state index in [0.29, 0.717) is 6.42 Å². The van der Waals surface area contributed by atoms with Crippen LogP contribution in [0.1, 0.15) is 38.8 Å². The molecule has 1 fully saturated rings. The van der Waals surface area contributed by atoms with Crippen LogP contribution in [0.15, 0.2) is 24.3 Å². The zero-order chi connectivity index (χ0) is 16.3. The fraction of sp³-hybridized carbons (Fsp3) is 0.562. The molecule has 1 aromatic carbocycles. The Bertz CT molecular complexity index is 639. The molecule has 5 nitrogen and oxygen atoms in total. The summed E-state index contributed by atoms with van der Waals surface area (Å²) in [5, 5.41) is 2.91. The van der Waals surface area contributed by atoms with E-state index in [-0.39, 0.29) is 29.6 Å². The predicted molar refractivity (Wildman–Crippen MR) is 85.5 cm³/mol. The third kappa shape index (κ3) is 4.22. The zero-order valence-corrected chi connectivity index (χ0v) is 14.0. The number of sulfone groups is 1. The molecular formula is C16H23NO4S. The number of nitrogens with one attached hydrogen (secondary N) is 1. The van der Waals surface area contributed by atoms with Crippen molar-refractivity contribution >= 4 is 15.7 Å². The average molecular weight is 325 g/mol. The molecule has 1 aliphatic heterocycles. The summed E-state index contributed by atoms with van der Waals surface area (Å²) in [4.78, 5) is 12.2. The molecule has 1 amide bonds. The summed E-state index contributed by atoms with van der Waals surface area (Å²) >= 11 is 0. The molecule has 1 heterocycles. The number of amides is 1. The Morgan fingerprint density at radius 1 is 1.27 bits per heavy atom. The minimum atomic E-state index is -3.05. The lowest BCUT2D eigenvalue weighted by Gasteiger charge is -2.21. The number of benzene rings is 1. The third-order valence-corrected chi connectivity index (χ3v) is 5.48. The summed E-state index contributed by atoms with van der Waals surface area (Å²) < 4.78 is 28.7. The molecule has 1 aromatic rings. The number of carbonyl (C=O) groups is 1. The summed E-state index contributed by atoms with van der Waals surface area (Å²) in [6.45, 7) is 5.77. The highest BCUT2D eigenvalue weighted by atomic mass is 32.2. The van der Waals surface area contributed by atoms with E-state index in [1.807, 2.05) is 45.0 Å². The molecular weight excluding hydrogens is 302 g/mol. The second kappa shape index (κ2) is 6.69. The second-order valence-electron chi connectivity index (χ2n) is 6.03. The van der Waals surface area contributed by atoms with Crippen molar-refractivity contribution < 1.29 is 17.9 Å². The topological polar surface area (TPSA) is 72.5 Å². The number of ether oxygens (including phenoxy) is 1. The number of carbonyl (C=O) groups excluding carboxylic acids is 1. The van der Waals surface area contributed by atoms with Gasteiger partial charge in [-0.05, 0) is 33.3 Å². The van der Waals surface area contributed by atoms with Gasteiger partial charge >= 0.3 is 0 Å². The van der Waals surface area contributed by atoms with Gasteiger partial charge in [-0.3, -0.25) is 4.79 Å². The van der Waals surface area contributed by atoms with Crippen molar-refractivity contribution in [1.82, 2.24) is 5.32 Å². The molecule has 0 unspecified atom stereocenters. The molecule has 1 aliphatic rings. The number of para-hydroxylation sites is 1. The first-order valence-electron chi connectivity index (χ1n) is 7.55. The summed E-state index contributed by atoms with van der Waals surface area (Å²) in [6, 6.07) is 7.34. The first-order chi connectivity index (χ1) is 10.3. The highest BCUT2D eigenvalue weighted by Gasteiger charge is 2.33. The van der Waals surface area contributed by atoms with Gasteiger partial charge in [-0.2, -0.15) is 0 Å². The van der Waals surface area contributed by atoms with Crippen LogP contribution in [0.2, 0.25) is 0 Å². The van der Waals surface area contributed by atoms with Gasteiger partial charge in [0.1, 0.15) is 5.75 Å². The fourth-order valence-electron chi connectivity index (χ4n) is 2.61. The van der Waals surface area contributed by atoms with Crippen LogP contribution in [0, 0.1) is 5.92 Å². The SMILES string of the molecule is CC(C)Oc1ccccc1[C@H](C)NC(=O)[C@@H]1CCS(=O)(=O)C1. The van der Waals surface area contributed by atoms with Gasteiger partial charge in [0.05, 0.1) is 29.6 Å². The lowest BCUT2D eigenvalue weighted by molar-refractivity contribution is -0.124. The van der Waals surface area contributed by atoms with Crippen molar-refractivity contribution in [3.05, 3.63) is 29.8 Å². The summed E-state index contributed by atoms with van der Waals surface area (Å²) in [7, 11) is -3.05. The Labute approximate surface area is 132 Å². The maximum Gasteiger partial charge on any atom is 0.224 e. The molecule has 0 radical (unpaired) electrons. The molecule has 0 saturated carbocycles. The van der Waals surface area contributed by atoms with Crippen molar-refractivity contribution in [3.63, 3.8) is 0 Å². The van der Waals surface area contributed by atoms with Crippen molar-refractivity contribution in [2.24, 2.45) is 5.92 Å². The van der Waals surface area contributed by atoms with Crippen LogP contribution in [0.5, 0.6) is 5.75 Å². The third-order valence-electron chi connectivity index (χ3n) is 3.71. The second-order valence-corrected chi connectivity index (χ2v) is 8.26. The van der Waals surface area contributed by atoms with Gasteiger partial charge in [-0.15, -0.1) is 0 Å². The number of rotatable bonds is 5. The van der Waals surface area contributed by atoms with Crippen molar-refractivity contribution in [2.45, 2.75) is 39.3 Å². The standard InChI is InChI=1S/C16H23NO4S/c1-11(2)21-15-7-5-4-6-14(15)12(3)17-16(18)13-8-9-22(19,20)10-13/h4-7,11-13H,8-10H2,1-3H3,(H,17,18)/t12-,13+/m0/s1. The molecule has 2 atom stereocenters. The molecule has 0 spiro atoms. The van der Waals surface area contributed by atoms with E-state index in [0.717, 1.165) is 11.3 Å². The molecule has 122 valence electrons. The van der Waals surface area contributed by atoms with Crippen LogP contribution in [-0.2, 0) is 14.6 Å². The van der Waals surface area contributed by atoms with Crippen LogP contribution in [0.4, 0.5) is 0 Å². The molecule has 1 N–H and O–H groups in total. The van der Waals surface area contributed by atoms with E-state index in [1.54, 1.807) is 0 Å². The first kappa shape index (κ1) is 16.8. The minimum Gasteiger partial charge on any atom is -0.491 e. The van der Waals surface area contributed by atoms with Gasteiger partial charge in [-0.25, -0.2) is 8.42 Å². The number of hydrogen-bond donors (Lipinski definition) is 1. The largest absolute Gasteiger partial charge is 0.491 e. The Balaban J connectivity index is 2.06. The Hall–Kier alpha value is -1.56.